The lowest BCUT2D eigenvalue weighted by molar-refractivity contribution is -0.139. The van der Waals surface area contributed by atoms with Crippen LogP contribution in [0.2, 0.25) is 0 Å². The van der Waals surface area contributed by atoms with E-state index >= 15 is 0 Å². The molecule has 2 aromatic carbocycles. The number of anilines is 1. The van der Waals surface area contributed by atoms with E-state index in [1.165, 1.54) is 51.4 Å². The van der Waals surface area contributed by atoms with Crippen LogP contribution in [0.15, 0.2) is 48.5 Å². The number of halogens is 2. The Balaban J connectivity index is 2.45. The molecule has 2 aromatic rings. The largest absolute Gasteiger partial charge is 0.355 e. The average Bonchev–Trinajstić information content (AvgIpc) is 2.77. The number of nitrogens with zero attached hydrogens (tertiary/aromatic N) is 3. The van der Waals surface area contributed by atoms with E-state index in [9.17, 15) is 26.8 Å². The van der Waals surface area contributed by atoms with Crippen LogP contribution in [-0.2, 0) is 26.3 Å². The van der Waals surface area contributed by atoms with Crippen LogP contribution < -0.4 is 9.62 Å². The van der Waals surface area contributed by atoms with Gasteiger partial charge >= 0.3 is 10.2 Å². The molecule has 8 nitrogen and oxygen atoms in total. The molecule has 33 heavy (non-hydrogen) atoms. The summed E-state index contributed by atoms with van der Waals surface area (Å²) in [5, 5.41) is 2.61. The SMILES string of the molecule is CCNC(=O)[C@H](C)N(Cc1ccccc1F)C(=O)CN(c1ccc(F)cc1)S(=O)(=O)N(C)C. The number of nitrogens with one attached hydrogen (secondary N) is 1. The van der Waals surface area contributed by atoms with Crippen molar-refractivity contribution < 1.29 is 26.8 Å². The average molecular weight is 483 g/mol. The van der Waals surface area contributed by atoms with E-state index in [0.717, 1.165) is 25.6 Å². The topological polar surface area (TPSA) is 90.0 Å². The van der Waals surface area contributed by atoms with Gasteiger partial charge in [-0.25, -0.2) is 13.1 Å². The zero-order chi connectivity index (χ0) is 24.8. The van der Waals surface area contributed by atoms with Crippen LogP contribution in [0.1, 0.15) is 19.4 Å². The molecule has 0 spiro atoms. The third-order valence-corrected chi connectivity index (χ3v) is 6.77. The summed E-state index contributed by atoms with van der Waals surface area (Å²) < 4.78 is 55.3. The molecule has 0 bridgehead atoms. The standard InChI is InChI=1S/C22H28F2N4O4S/c1-5-25-22(30)16(2)27(14-17-8-6-7-9-20(17)24)21(29)15-28(33(31,32)26(3)4)19-12-10-18(23)11-13-19/h6-13,16H,5,14-15H2,1-4H3,(H,25,30)/t16-/m0/s1. The van der Waals surface area contributed by atoms with E-state index in [4.69, 9.17) is 0 Å². The Hall–Kier alpha value is -3.05. The van der Waals surface area contributed by atoms with Gasteiger partial charge in [-0.1, -0.05) is 18.2 Å². The summed E-state index contributed by atoms with van der Waals surface area (Å²) in [7, 11) is -1.56. The zero-order valence-electron chi connectivity index (χ0n) is 19.0. The van der Waals surface area contributed by atoms with Crippen molar-refractivity contribution in [2.24, 2.45) is 0 Å². The van der Waals surface area contributed by atoms with Crippen molar-refractivity contribution in [3.8, 4) is 0 Å². The number of hydrogen-bond donors (Lipinski definition) is 1. The van der Waals surface area contributed by atoms with Crippen molar-refractivity contribution in [2.45, 2.75) is 26.4 Å². The molecule has 0 aliphatic carbocycles. The van der Waals surface area contributed by atoms with Gasteiger partial charge in [0.15, 0.2) is 0 Å². The molecule has 0 saturated heterocycles. The molecule has 1 atom stereocenters. The van der Waals surface area contributed by atoms with Crippen LogP contribution in [0, 0.1) is 11.6 Å². The van der Waals surface area contributed by atoms with E-state index in [-0.39, 0.29) is 17.8 Å². The third-order valence-electron chi connectivity index (χ3n) is 4.95. The highest BCUT2D eigenvalue weighted by molar-refractivity contribution is 7.90. The van der Waals surface area contributed by atoms with Crippen molar-refractivity contribution in [1.29, 1.82) is 0 Å². The Kier molecular flexibility index (Phi) is 8.89. The number of benzene rings is 2. The van der Waals surface area contributed by atoms with Gasteiger partial charge in [-0.15, -0.1) is 0 Å². The van der Waals surface area contributed by atoms with E-state index in [2.05, 4.69) is 5.32 Å². The maximum Gasteiger partial charge on any atom is 0.304 e. The summed E-state index contributed by atoms with van der Waals surface area (Å²) in [4.78, 5) is 27.0. The molecule has 0 aromatic heterocycles. The van der Waals surface area contributed by atoms with Crippen molar-refractivity contribution in [3.05, 3.63) is 65.7 Å². The Bertz CT molecular complexity index is 1080. The Morgan fingerprint density at radius 3 is 2.18 bits per heavy atom. The molecule has 2 rings (SSSR count). The number of carbonyl (C=O) groups excluding carboxylic acids is 2. The summed E-state index contributed by atoms with van der Waals surface area (Å²) in [6.45, 7) is 2.59. The van der Waals surface area contributed by atoms with E-state index in [0.29, 0.717) is 6.54 Å². The predicted molar refractivity (Wildman–Crippen MR) is 121 cm³/mol. The van der Waals surface area contributed by atoms with Crippen LogP contribution in [0.5, 0.6) is 0 Å². The maximum atomic E-state index is 14.3. The van der Waals surface area contributed by atoms with Crippen LogP contribution in [0.25, 0.3) is 0 Å². The first-order valence-electron chi connectivity index (χ1n) is 10.2. The molecule has 0 fully saturated rings. The minimum absolute atomic E-state index is 0.0648. The Morgan fingerprint density at radius 2 is 1.64 bits per heavy atom. The molecule has 180 valence electrons. The fraction of sp³-hybridized carbons (Fsp3) is 0.364. The van der Waals surface area contributed by atoms with Gasteiger partial charge in [-0.05, 0) is 44.2 Å². The highest BCUT2D eigenvalue weighted by atomic mass is 32.2. The second-order valence-electron chi connectivity index (χ2n) is 7.46. The minimum atomic E-state index is -4.15. The Labute approximate surface area is 193 Å². The predicted octanol–water partition coefficient (Wildman–Crippen LogP) is 2.13. The van der Waals surface area contributed by atoms with Gasteiger partial charge in [-0.3, -0.25) is 9.59 Å². The maximum absolute atomic E-state index is 14.3. The highest BCUT2D eigenvalue weighted by Gasteiger charge is 2.32. The van der Waals surface area contributed by atoms with E-state index in [1.54, 1.807) is 13.0 Å². The number of amides is 2. The summed E-state index contributed by atoms with van der Waals surface area (Å²) in [5.41, 5.74) is 0.237. The number of rotatable bonds is 10. The fourth-order valence-electron chi connectivity index (χ4n) is 3.04. The lowest BCUT2D eigenvalue weighted by Crippen LogP contribution is -2.52. The molecule has 2 amide bonds. The zero-order valence-corrected chi connectivity index (χ0v) is 19.8. The minimum Gasteiger partial charge on any atom is -0.355 e. The summed E-state index contributed by atoms with van der Waals surface area (Å²) in [6.07, 6.45) is 0. The monoisotopic (exact) mass is 482 g/mol. The molecular weight excluding hydrogens is 454 g/mol. The van der Waals surface area contributed by atoms with Crippen molar-refractivity contribution in [2.75, 3.05) is 31.5 Å². The third kappa shape index (κ3) is 6.48. The van der Waals surface area contributed by atoms with Crippen molar-refractivity contribution in [1.82, 2.24) is 14.5 Å². The van der Waals surface area contributed by atoms with Crippen LogP contribution in [0.4, 0.5) is 14.5 Å². The first kappa shape index (κ1) is 26.2. The highest BCUT2D eigenvalue weighted by Crippen LogP contribution is 2.21. The first-order chi connectivity index (χ1) is 15.5. The second kappa shape index (κ2) is 11.2. The molecule has 0 heterocycles. The quantitative estimate of drug-likeness (QED) is 0.562. The lowest BCUT2D eigenvalue weighted by atomic mass is 10.1. The summed E-state index contributed by atoms with van der Waals surface area (Å²) >= 11 is 0. The normalized spacial score (nSPS) is 12.3. The number of carbonyl (C=O) groups is 2. The van der Waals surface area contributed by atoms with Crippen molar-refractivity contribution in [3.63, 3.8) is 0 Å². The van der Waals surface area contributed by atoms with Gasteiger partial charge in [0.25, 0.3) is 0 Å². The number of hydrogen-bond acceptors (Lipinski definition) is 4. The molecule has 0 unspecified atom stereocenters. The Morgan fingerprint density at radius 1 is 1.03 bits per heavy atom. The molecular formula is C22H28F2N4O4S. The van der Waals surface area contributed by atoms with Gasteiger partial charge in [-0.2, -0.15) is 12.7 Å². The summed E-state index contributed by atoms with van der Waals surface area (Å²) in [5.74, 6) is -2.33. The van der Waals surface area contributed by atoms with Gasteiger partial charge < -0.3 is 10.2 Å². The molecule has 0 aliphatic heterocycles. The van der Waals surface area contributed by atoms with E-state index < -0.39 is 46.2 Å². The van der Waals surface area contributed by atoms with Crippen LogP contribution in [0.3, 0.4) is 0 Å². The molecule has 0 aliphatic rings. The van der Waals surface area contributed by atoms with Gasteiger partial charge in [0.2, 0.25) is 11.8 Å². The number of likely N-dealkylation sites (N-methyl/N-ethyl adjacent to an activating group) is 1. The molecule has 1 N–H and O–H groups in total. The molecule has 0 radical (unpaired) electrons. The van der Waals surface area contributed by atoms with Gasteiger partial charge in [0.05, 0.1) is 5.69 Å². The first-order valence-corrected chi connectivity index (χ1v) is 11.6. The van der Waals surface area contributed by atoms with Crippen LogP contribution >= 0.6 is 0 Å². The second-order valence-corrected chi connectivity index (χ2v) is 9.52. The smallest absolute Gasteiger partial charge is 0.304 e. The van der Waals surface area contributed by atoms with E-state index in [1.807, 2.05) is 0 Å². The summed E-state index contributed by atoms with van der Waals surface area (Å²) in [6, 6.07) is 9.42. The fourth-order valence-corrected chi connectivity index (χ4v) is 4.09. The van der Waals surface area contributed by atoms with Crippen molar-refractivity contribution >= 4 is 27.7 Å². The van der Waals surface area contributed by atoms with Gasteiger partial charge in [0.1, 0.15) is 24.2 Å². The van der Waals surface area contributed by atoms with Gasteiger partial charge in [0, 0.05) is 32.7 Å². The lowest BCUT2D eigenvalue weighted by Gasteiger charge is -2.32. The van der Waals surface area contributed by atoms with Crippen LogP contribution in [-0.4, -0.2) is 62.7 Å². The molecule has 0 saturated carbocycles. The molecule has 11 heteroatoms.